The van der Waals surface area contributed by atoms with Gasteiger partial charge in [0.25, 0.3) is 0 Å². The van der Waals surface area contributed by atoms with Gasteiger partial charge in [-0.2, -0.15) is 0 Å². The molecule has 1 saturated heterocycles. The number of pyridine rings is 1. The van der Waals surface area contributed by atoms with Crippen LogP contribution < -0.4 is 0 Å². The Morgan fingerprint density at radius 2 is 2.04 bits per heavy atom. The van der Waals surface area contributed by atoms with E-state index in [0.717, 1.165) is 17.3 Å². The minimum atomic E-state index is -0.426. The second-order valence-corrected chi connectivity index (χ2v) is 6.96. The highest BCUT2D eigenvalue weighted by Crippen LogP contribution is 2.34. The molecule has 1 saturated carbocycles. The van der Waals surface area contributed by atoms with E-state index in [1.165, 1.54) is 18.4 Å². The molecule has 4 rings (SSSR count). The molecule has 2 atom stereocenters. The van der Waals surface area contributed by atoms with Crippen LogP contribution in [0.3, 0.4) is 0 Å². The summed E-state index contributed by atoms with van der Waals surface area (Å²) in [7, 11) is 0. The largest absolute Gasteiger partial charge is 0.391 e. The average Bonchev–Trinajstić information content (AvgIpc) is 3.30. The topological polar surface area (TPSA) is 53.4 Å². The Kier molecular flexibility index (Phi) is 3.77. The lowest BCUT2D eigenvalue weighted by Gasteiger charge is -2.16. The number of aliphatic hydroxyl groups excluding tert-OH is 1. The summed E-state index contributed by atoms with van der Waals surface area (Å²) < 4.78 is 0. The molecule has 0 spiro atoms. The number of aromatic nitrogens is 1. The van der Waals surface area contributed by atoms with E-state index < -0.39 is 6.10 Å². The van der Waals surface area contributed by atoms with Crippen LogP contribution in [0, 0.1) is 11.8 Å². The van der Waals surface area contributed by atoms with E-state index in [4.69, 9.17) is 0 Å². The van der Waals surface area contributed by atoms with E-state index in [1.54, 1.807) is 0 Å². The van der Waals surface area contributed by atoms with Gasteiger partial charge in [0.15, 0.2) is 0 Å². The summed E-state index contributed by atoms with van der Waals surface area (Å²) in [5.41, 5.74) is 2.19. The molecule has 1 aliphatic heterocycles. The van der Waals surface area contributed by atoms with Crippen molar-refractivity contribution in [3.8, 4) is 0 Å². The van der Waals surface area contributed by atoms with Crippen LogP contribution in [0.2, 0.25) is 0 Å². The molecule has 23 heavy (non-hydrogen) atoms. The minimum Gasteiger partial charge on any atom is -0.391 e. The van der Waals surface area contributed by atoms with Crippen molar-refractivity contribution in [2.24, 2.45) is 11.8 Å². The first kappa shape index (κ1) is 14.6. The zero-order chi connectivity index (χ0) is 15.8. The van der Waals surface area contributed by atoms with Gasteiger partial charge in [-0.1, -0.05) is 18.2 Å². The van der Waals surface area contributed by atoms with E-state index in [1.807, 2.05) is 35.4 Å². The number of aliphatic hydroxyl groups is 1. The van der Waals surface area contributed by atoms with Gasteiger partial charge in [-0.3, -0.25) is 9.78 Å². The Morgan fingerprint density at radius 3 is 2.87 bits per heavy atom. The predicted octanol–water partition coefficient (Wildman–Crippen LogP) is 2.40. The van der Waals surface area contributed by atoms with Gasteiger partial charge >= 0.3 is 0 Å². The fourth-order valence-corrected chi connectivity index (χ4v) is 3.57. The number of fused-ring (bicyclic) bond motifs is 1. The number of benzene rings is 1. The lowest BCUT2D eigenvalue weighted by Crippen LogP contribution is -2.29. The van der Waals surface area contributed by atoms with Gasteiger partial charge in [0.05, 0.1) is 11.6 Å². The Bertz CT molecular complexity index is 721. The van der Waals surface area contributed by atoms with Crippen molar-refractivity contribution >= 4 is 16.8 Å². The van der Waals surface area contributed by atoms with E-state index in [9.17, 15) is 9.90 Å². The van der Waals surface area contributed by atoms with Gasteiger partial charge < -0.3 is 10.0 Å². The first-order valence-corrected chi connectivity index (χ1v) is 8.49. The highest BCUT2D eigenvalue weighted by atomic mass is 16.3. The SMILES string of the molecule is O=C(CC1CC1)N1CC(O)C(Cc2ccnc3ccccc23)C1. The first-order valence-electron chi connectivity index (χ1n) is 8.49. The van der Waals surface area contributed by atoms with Gasteiger partial charge in [-0.25, -0.2) is 0 Å². The molecule has 4 nitrogen and oxygen atoms in total. The molecule has 0 radical (unpaired) electrons. The van der Waals surface area contributed by atoms with Crippen LogP contribution >= 0.6 is 0 Å². The molecule has 1 aliphatic carbocycles. The molecule has 4 heteroatoms. The van der Waals surface area contributed by atoms with Gasteiger partial charge in [0, 0.05) is 37.0 Å². The fraction of sp³-hybridized carbons (Fsp3) is 0.474. The minimum absolute atomic E-state index is 0.115. The Labute approximate surface area is 136 Å². The van der Waals surface area contributed by atoms with Crippen LogP contribution in [0.1, 0.15) is 24.8 Å². The maximum Gasteiger partial charge on any atom is 0.222 e. The lowest BCUT2D eigenvalue weighted by molar-refractivity contribution is -0.130. The lowest BCUT2D eigenvalue weighted by atomic mass is 9.94. The number of hydrogen-bond acceptors (Lipinski definition) is 3. The average molecular weight is 310 g/mol. The third-order valence-electron chi connectivity index (χ3n) is 5.14. The molecule has 2 aliphatic rings. The van der Waals surface area contributed by atoms with Crippen LogP contribution in [0.5, 0.6) is 0 Å². The number of para-hydroxylation sites is 1. The fourth-order valence-electron chi connectivity index (χ4n) is 3.57. The van der Waals surface area contributed by atoms with Gasteiger partial charge in [-0.15, -0.1) is 0 Å². The van der Waals surface area contributed by atoms with Crippen LogP contribution in [0.4, 0.5) is 0 Å². The number of amides is 1. The molecule has 1 aromatic heterocycles. The number of rotatable bonds is 4. The molecule has 120 valence electrons. The molecule has 1 aromatic carbocycles. The van der Waals surface area contributed by atoms with E-state index >= 15 is 0 Å². The van der Waals surface area contributed by atoms with Gasteiger partial charge in [-0.05, 0) is 42.9 Å². The van der Waals surface area contributed by atoms with Gasteiger partial charge in [0.1, 0.15) is 0 Å². The number of carbonyl (C=O) groups is 1. The second kappa shape index (κ2) is 5.93. The van der Waals surface area contributed by atoms with Crippen molar-refractivity contribution in [3.05, 3.63) is 42.1 Å². The normalized spacial score (nSPS) is 24.3. The summed E-state index contributed by atoms with van der Waals surface area (Å²) in [5, 5.41) is 11.5. The maximum absolute atomic E-state index is 12.3. The highest BCUT2D eigenvalue weighted by Gasteiger charge is 2.36. The van der Waals surface area contributed by atoms with Crippen LogP contribution in [0.25, 0.3) is 10.9 Å². The molecular weight excluding hydrogens is 288 g/mol. The Hall–Kier alpha value is -1.94. The molecule has 2 unspecified atom stereocenters. The van der Waals surface area contributed by atoms with Crippen molar-refractivity contribution < 1.29 is 9.90 Å². The quantitative estimate of drug-likeness (QED) is 0.943. The van der Waals surface area contributed by atoms with Crippen molar-refractivity contribution in [3.63, 3.8) is 0 Å². The molecule has 1 N–H and O–H groups in total. The predicted molar refractivity (Wildman–Crippen MR) is 88.9 cm³/mol. The maximum atomic E-state index is 12.3. The standard InChI is InChI=1S/C19H22N2O2/c22-18-12-21(19(23)9-13-5-6-13)11-15(18)10-14-7-8-20-17-4-2-1-3-16(14)17/h1-4,7-8,13,15,18,22H,5-6,9-12H2. The zero-order valence-corrected chi connectivity index (χ0v) is 13.2. The third kappa shape index (κ3) is 3.08. The molecule has 1 amide bonds. The van der Waals surface area contributed by atoms with Gasteiger partial charge in [0.2, 0.25) is 5.91 Å². The summed E-state index contributed by atoms with van der Waals surface area (Å²) in [6, 6.07) is 10.1. The van der Waals surface area contributed by atoms with Crippen molar-refractivity contribution in [2.45, 2.75) is 31.8 Å². The number of likely N-dealkylation sites (tertiary alicyclic amines) is 1. The summed E-state index contributed by atoms with van der Waals surface area (Å²) in [4.78, 5) is 18.5. The number of nitrogens with zero attached hydrogens (tertiary/aromatic N) is 2. The summed E-state index contributed by atoms with van der Waals surface area (Å²) in [6.07, 6.45) is 5.23. The van der Waals surface area contributed by atoms with Crippen molar-refractivity contribution in [1.82, 2.24) is 9.88 Å². The van der Waals surface area contributed by atoms with Crippen molar-refractivity contribution in [1.29, 1.82) is 0 Å². The summed E-state index contributed by atoms with van der Waals surface area (Å²) in [6.45, 7) is 1.16. The molecular formula is C19H22N2O2. The van der Waals surface area contributed by atoms with E-state index in [0.29, 0.717) is 25.4 Å². The molecule has 2 aromatic rings. The molecule has 0 bridgehead atoms. The van der Waals surface area contributed by atoms with Crippen LogP contribution in [0.15, 0.2) is 36.5 Å². The number of carbonyl (C=O) groups excluding carboxylic acids is 1. The number of hydrogen-bond donors (Lipinski definition) is 1. The van der Waals surface area contributed by atoms with Crippen LogP contribution in [-0.4, -0.2) is 40.1 Å². The van der Waals surface area contributed by atoms with E-state index in [2.05, 4.69) is 11.1 Å². The smallest absolute Gasteiger partial charge is 0.222 e. The van der Waals surface area contributed by atoms with Crippen LogP contribution in [-0.2, 0) is 11.2 Å². The second-order valence-electron chi connectivity index (χ2n) is 6.96. The molecule has 2 fully saturated rings. The Balaban J connectivity index is 1.48. The Morgan fingerprint density at radius 1 is 1.22 bits per heavy atom. The van der Waals surface area contributed by atoms with E-state index in [-0.39, 0.29) is 11.8 Å². The number of β-amino-alcohol motifs (C(OH)–C–C–N with tert-alkyl or cyclic N) is 1. The first-order chi connectivity index (χ1) is 11.2. The third-order valence-corrected chi connectivity index (χ3v) is 5.14. The molecule has 2 heterocycles. The zero-order valence-electron chi connectivity index (χ0n) is 13.2. The highest BCUT2D eigenvalue weighted by molar-refractivity contribution is 5.82. The monoisotopic (exact) mass is 310 g/mol. The summed E-state index contributed by atoms with van der Waals surface area (Å²) >= 11 is 0. The van der Waals surface area contributed by atoms with Crippen molar-refractivity contribution in [2.75, 3.05) is 13.1 Å². The summed E-state index contributed by atoms with van der Waals surface area (Å²) in [5.74, 6) is 0.931.